The fraction of sp³-hybridized carbons (Fsp3) is 0.250. The van der Waals surface area contributed by atoms with Crippen molar-refractivity contribution < 1.29 is 18.7 Å². The third kappa shape index (κ3) is 8.59. The molecule has 9 nitrogen and oxygen atoms in total. The van der Waals surface area contributed by atoms with Crippen LogP contribution in [-0.2, 0) is 17.8 Å². The number of anilines is 1. The Kier molecular flexibility index (Phi) is 9.78. The molecule has 0 saturated heterocycles. The summed E-state index contributed by atoms with van der Waals surface area (Å²) in [6, 6.07) is 16.9. The first kappa shape index (κ1) is 28.1. The molecule has 0 saturated carbocycles. The van der Waals surface area contributed by atoms with Crippen LogP contribution < -0.4 is 32.6 Å². The monoisotopic (exact) mass is 520 g/mol. The Morgan fingerprint density at radius 3 is 2.26 bits per heavy atom. The number of nitrogens with zero attached hydrogens (tertiary/aromatic N) is 1. The number of hydrogen-bond donors (Lipinski definition) is 5. The number of halogens is 1. The van der Waals surface area contributed by atoms with E-state index in [1.807, 2.05) is 13.8 Å². The SMILES string of the molecule is CC(C)CNC(=O)c1ccc(NC(=O)[C@@H](N)Cc2ccc(N=C(N)N)cc2)cc1OCc1ccc(F)cc1. The largest absolute Gasteiger partial charge is 0.488 e. The van der Waals surface area contributed by atoms with Crippen LogP contribution >= 0.6 is 0 Å². The highest BCUT2D eigenvalue weighted by atomic mass is 19.1. The van der Waals surface area contributed by atoms with Crippen LogP contribution in [0.4, 0.5) is 15.8 Å². The third-order valence-corrected chi connectivity index (χ3v) is 5.46. The van der Waals surface area contributed by atoms with Gasteiger partial charge in [-0.1, -0.05) is 38.1 Å². The number of carbonyl (C=O) groups is 2. The van der Waals surface area contributed by atoms with Gasteiger partial charge in [0.25, 0.3) is 5.91 Å². The second kappa shape index (κ2) is 13.2. The van der Waals surface area contributed by atoms with E-state index in [0.717, 1.165) is 11.1 Å². The van der Waals surface area contributed by atoms with Crippen molar-refractivity contribution in [2.45, 2.75) is 32.9 Å². The van der Waals surface area contributed by atoms with Gasteiger partial charge in [0.05, 0.1) is 17.3 Å². The van der Waals surface area contributed by atoms with Crippen LogP contribution in [0.3, 0.4) is 0 Å². The molecular formula is C28H33FN6O3. The van der Waals surface area contributed by atoms with Gasteiger partial charge in [-0.25, -0.2) is 9.38 Å². The van der Waals surface area contributed by atoms with Gasteiger partial charge in [0, 0.05) is 18.3 Å². The van der Waals surface area contributed by atoms with E-state index in [2.05, 4.69) is 15.6 Å². The third-order valence-electron chi connectivity index (χ3n) is 5.46. The average molecular weight is 521 g/mol. The van der Waals surface area contributed by atoms with Gasteiger partial charge < -0.3 is 32.6 Å². The molecule has 0 aliphatic rings. The van der Waals surface area contributed by atoms with E-state index in [9.17, 15) is 14.0 Å². The van der Waals surface area contributed by atoms with Gasteiger partial charge >= 0.3 is 0 Å². The van der Waals surface area contributed by atoms with Gasteiger partial charge in [0.15, 0.2) is 5.96 Å². The van der Waals surface area contributed by atoms with Crippen molar-refractivity contribution in [1.82, 2.24) is 5.32 Å². The molecule has 0 fully saturated rings. The van der Waals surface area contributed by atoms with Crippen molar-refractivity contribution in [3.8, 4) is 5.75 Å². The number of nitrogens with one attached hydrogen (secondary N) is 2. The second-order valence-electron chi connectivity index (χ2n) is 9.23. The van der Waals surface area contributed by atoms with Crippen molar-refractivity contribution in [2.24, 2.45) is 28.1 Å². The van der Waals surface area contributed by atoms with Crippen molar-refractivity contribution in [3.63, 3.8) is 0 Å². The van der Waals surface area contributed by atoms with Crippen LogP contribution in [0.2, 0.25) is 0 Å². The minimum atomic E-state index is -0.832. The molecule has 1 atom stereocenters. The summed E-state index contributed by atoms with van der Waals surface area (Å²) in [5.74, 6) is -0.555. The van der Waals surface area contributed by atoms with Gasteiger partial charge in [0.1, 0.15) is 18.2 Å². The van der Waals surface area contributed by atoms with E-state index >= 15 is 0 Å². The molecule has 0 radical (unpaired) electrons. The maximum Gasteiger partial charge on any atom is 0.255 e. The predicted molar refractivity (Wildman–Crippen MR) is 147 cm³/mol. The smallest absolute Gasteiger partial charge is 0.255 e. The molecule has 38 heavy (non-hydrogen) atoms. The summed E-state index contributed by atoms with van der Waals surface area (Å²) < 4.78 is 19.2. The molecule has 0 bridgehead atoms. The minimum Gasteiger partial charge on any atom is -0.488 e. The van der Waals surface area contributed by atoms with Gasteiger partial charge in [-0.15, -0.1) is 0 Å². The van der Waals surface area contributed by atoms with E-state index in [0.29, 0.717) is 23.5 Å². The number of hydrogen-bond acceptors (Lipinski definition) is 5. The molecule has 3 aromatic carbocycles. The summed E-state index contributed by atoms with van der Waals surface area (Å²) in [6.07, 6.45) is 0.289. The highest BCUT2D eigenvalue weighted by Crippen LogP contribution is 2.25. The molecule has 0 heterocycles. The number of ether oxygens (including phenoxy) is 1. The van der Waals surface area contributed by atoms with Gasteiger partial charge in [-0.3, -0.25) is 9.59 Å². The second-order valence-corrected chi connectivity index (χ2v) is 9.23. The van der Waals surface area contributed by atoms with E-state index in [-0.39, 0.29) is 42.4 Å². The summed E-state index contributed by atoms with van der Waals surface area (Å²) in [5.41, 5.74) is 19.8. The van der Waals surface area contributed by atoms with Gasteiger partial charge in [-0.2, -0.15) is 0 Å². The predicted octanol–water partition coefficient (Wildman–Crippen LogP) is 3.20. The number of aliphatic imine (C=N–C) groups is 1. The van der Waals surface area contributed by atoms with Crippen molar-refractivity contribution in [3.05, 3.63) is 89.2 Å². The first-order valence-electron chi connectivity index (χ1n) is 12.1. The lowest BCUT2D eigenvalue weighted by molar-refractivity contribution is -0.117. The number of nitrogens with two attached hydrogens (primary N) is 3. The van der Waals surface area contributed by atoms with Crippen molar-refractivity contribution in [1.29, 1.82) is 0 Å². The molecule has 3 rings (SSSR count). The van der Waals surface area contributed by atoms with Crippen LogP contribution in [0, 0.1) is 11.7 Å². The Morgan fingerprint density at radius 2 is 1.63 bits per heavy atom. The Bertz CT molecular complexity index is 1270. The molecular weight excluding hydrogens is 487 g/mol. The number of amides is 2. The molecule has 2 amide bonds. The Morgan fingerprint density at radius 1 is 0.974 bits per heavy atom. The highest BCUT2D eigenvalue weighted by molar-refractivity contribution is 5.99. The van der Waals surface area contributed by atoms with Crippen LogP contribution in [-0.4, -0.2) is 30.4 Å². The number of guanidine groups is 1. The zero-order valence-corrected chi connectivity index (χ0v) is 21.4. The number of carbonyl (C=O) groups excluding carboxylic acids is 2. The molecule has 10 heteroatoms. The fourth-order valence-corrected chi connectivity index (χ4v) is 3.48. The first-order chi connectivity index (χ1) is 18.1. The molecule has 0 unspecified atom stereocenters. The summed E-state index contributed by atoms with van der Waals surface area (Å²) in [4.78, 5) is 29.5. The molecule has 0 aliphatic heterocycles. The Hall–Kier alpha value is -4.44. The number of rotatable bonds is 11. The normalized spacial score (nSPS) is 11.5. The standard InChI is InChI=1S/C28H33FN6O3/c1-17(2)15-33-26(36)23-12-11-22(14-25(23)38-16-19-3-7-20(29)8-4-19)34-27(37)24(30)13-18-5-9-21(10-6-18)35-28(31)32/h3-12,14,17,24H,13,15-16,30H2,1-2H3,(H,33,36)(H,34,37)(H4,31,32,35)/t24-/m0/s1. The average Bonchev–Trinajstić information content (AvgIpc) is 2.87. The first-order valence-corrected chi connectivity index (χ1v) is 12.1. The van der Waals surface area contributed by atoms with E-state index in [1.54, 1.807) is 54.6 Å². The molecule has 0 aliphatic carbocycles. The van der Waals surface area contributed by atoms with Crippen LogP contribution in [0.15, 0.2) is 71.7 Å². The lowest BCUT2D eigenvalue weighted by atomic mass is 10.1. The van der Waals surface area contributed by atoms with E-state index < -0.39 is 11.9 Å². The summed E-state index contributed by atoms with van der Waals surface area (Å²) >= 11 is 0. The maximum absolute atomic E-state index is 13.3. The number of benzene rings is 3. The zero-order valence-electron chi connectivity index (χ0n) is 21.4. The molecule has 3 aromatic rings. The highest BCUT2D eigenvalue weighted by Gasteiger charge is 2.18. The van der Waals surface area contributed by atoms with E-state index in [1.165, 1.54) is 12.1 Å². The lowest BCUT2D eigenvalue weighted by Gasteiger charge is -2.16. The van der Waals surface area contributed by atoms with Gasteiger partial charge in [-0.05, 0) is 59.9 Å². The van der Waals surface area contributed by atoms with Crippen LogP contribution in [0.1, 0.15) is 35.3 Å². The Labute approximate surface area is 221 Å². The lowest BCUT2D eigenvalue weighted by Crippen LogP contribution is -2.37. The zero-order chi connectivity index (χ0) is 27.7. The molecule has 200 valence electrons. The summed E-state index contributed by atoms with van der Waals surface area (Å²) in [7, 11) is 0. The summed E-state index contributed by atoms with van der Waals surface area (Å²) in [6.45, 7) is 4.59. The molecule has 0 spiro atoms. The topological polar surface area (TPSA) is 158 Å². The molecule has 0 aromatic heterocycles. The molecule has 8 N–H and O–H groups in total. The van der Waals surface area contributed by atoms with Crippen LogP contribution in [0.25, 0.3) is 0 Å². The van der Waals surface area contributed by atoms with Crippen LogP contribution in [0.5, 0.6) is 5.75 Å². The maximum atomic E-state index is 13.3. The van der Waals surface area contributed by atoms with Crippen molar-refractivity contribution in [2.75, 3.05) is 11.9 Å². The summed E-state index contributed by atoms with van der Waals surface area (Å²) in [5, 5.41) is 5.65. The Balaban J connectivity index is 1.72. The van der Waals surface area contributed by atoms with Crippen molar-refractivity contribution >= 4 is 29.1 Å². The fourth-order valence-electron chi connectivity index (χ4n) is 3.48. The minimum absolute atomic E-state index is 0.0433. The quantitative estimate of drug-likeness (QED) is 0.193. The van der Waals surface area contributed by atoms with Gasteiger partial charge in [0.2, 0.25) is 5.91 Å². The van der Waals surface area contributed by atoms with E-state index in [4.69, 9.17) is 21.9 Å².